The number of aromatic nitrogens is 3. The van der Waals surface area contributed by atoms with E-state index in [0.717, 1.165) is 26.7 Å². The van der Waals surface area contributed by atoms with Gasteiger partial charge in [-0.25, -0.2) is 9.67 Å². The molecule has 146 valence electrons. The van der Waals surface area contributed by atoms with E-state index >= 15 is 0 Å². The molecule has 7 nitrogen and oxygen atoms in total. The molecule has 0 unspecified atom stereocenters. The fraction of sp³-hybridized carbons (Fsp3) is 0.0435. The number of hydrogen-bond acceptors (Lipinski definition) is 5. The zero-order chi connectivity index (χ0) is 20.5. The van der Waals surface area contributed by atoms with Crippen LogP contribution in [0.1, 0.15) is 0 Å². The van der Waals surface area contributed by atoms with E-state index in [1.165, 1.54) is 0 Å². The number of fused-ring (bicyclic) bond motifs is 2. The van der Waals surface area contributed by atoms with Crippen LogP contribution in [-0.2, 0) is 11.3 Å². The number of anilines is 1. The van der Waals surface area contributed by atoms with Crippen LogP contribution in [0.3, 0.4) is 0 Å². The normalized spacial score (nSPS) is 11.1. The molecule has 30 heavy (non-hydrogen) atoms. The van der Waals surface area contributed by atoms with E-state index < -0.39 is 0 Å². The van der Waals surface area contributed by atoms with Crippen LogP contribution in [0, 0.1) is 0 Å². The van der Waals surface area contributed by atoms with Gasteiger partial charge in [0.15, 0.2) is 5.58 Å². The summed E-state index contributed by atoms with van der Waals surface area (Å²) in [6, 6.07) is 21.9. The first-order chi connectivity index (χ1) is 14.7. The van der Waals surface area contributed by atoms with Crippen molar-refractivity contribution in [2.24, 2.45) is 0 Å². The molecule has 7 heteroatoms. The summed E-state index contributed by atoms with van der Waals surface area (Å²) < 4.78 is 6.91. The van der Waals surface area contributed by atoms with Gasteiger partial charge in [0, 0.05) is 16.6 Å². The molecule has 1 N–H and O–H groups in total. The molecule has 0 atom stereocenters. The lowest BCUT2D eigenvalue weighted by atomic mass is 10.2. The Labute approximate surface area is 170 Å². The maximum atomic E-state index is 12.5. The third-order valence-electron chi connectivity index (χ3n) is 4.76. The van der Waals surface area contributed by atoms with Crippen molar-refractivity contribution in [2.75, 3.05) is 5.32 Å². The van der Waals surface area contributed by atoms with Gasteiger partial charge in [-0.15, -0.1) is 0 Å². The van der Waals surface area contributed by atoms with Gasteiger partial charge in [-0.05, 0) is 42.5 Å². The molecule has 0 aliphatic rings. The molecule has 2 heterocycles. The Morgan fingerprint density at radius 1 is 0.967 bits per heavy atom. The Bertz CT molecular complexity index is 1400. The molecule has 0 aliphatic heterocycles. The van der Waals surface area contributed by atoms with Crippen LogP contribution in [0.4, 0.5) is 5.69 Å². The Morgan fingerprint density at radius 2 is 1.73 bits per heavy atom. The highest BCUT2D eigenvalue weighted by Gasteiger charge is 2.10. The summed E-state index contributed by atoms with van der Waals surface area (Å²) in [6.45, 7) is -0.170. The molecule has 2 aromatic heterocycles. The van der Waals surface area contributed by atoms with Crippen molar-refractivity contribution in [3.8, 4) is 11.5 Å². The quantitative estimate of drug-likeness (QED) is 0.498. The highest BCUT2D eigenvalue weighted by molar-refractivity contribution is 5.91. The molecular weight excluding hydrogens is 380 g/mol. The van der Waals surface area contributed by atoms with Crippen LogP contribution in [0.15, 0.2) is 88.2 Å². The molecule has 5 aromatic rings. The summed E-state index contributed by atoms with van der Waals surface area (Å²) in [5, 5.41) is 8.14. The minimum Gasteiger partial charge on any atom is -0.436 e. The maximum Gasteiger partial charge on any atom is 0.275 e. The van der Waals surface area contributed by atoms with Crippen LogP contribution in [0.5, 0.6) is 0 Å². The molecule has 0 spiro atoms. The molecular formula is C23H16N4O3. The van der Waals surface area contributed by atoms with Gasteiger partial charge in [-0.2, -0.15) is 5.10 Å². The summed E-state index contributed by atoms with van der Waals surface area (Å²) in [6.07, 6.45) is 1.58. The predicted octanol–water partition coefficient (Wildman–Crippen LogP) is 3.84. The van der Waals surface area contributed by atoms with E-state index in [2.05, 4.69) is 15.4 Å². The van der Waals surface area contributed by atoms with E-state index in [1.807, 2.05) is 48.5 Å². The average Bonchev–Trinajstić information content (AvgIpc) is 3.21. The van der Waals surface area contributed by atoms with Gasteiger partial charge < -0.3 is 9.73 Å². The Hall–Kier alpha value is -4.26. The van der Waals surface area contributed by atoms with Crippen molar-refractivity contribution >= 4 is 33.5 Å². The monoisotopic (exact) mass is 396 g/mol. The van der Waals surface area contributed by atoms with Crippen molar-refractivity contribution in [3.63, 3.8) is 0 Å². The van der Waals surface area contributed by atoms with Crippen molar-refractivity contribution < 1.29 is 9.21 Å². The first-order valence-electron chi connectivity index (χ1n) is 9.38. The first kappa shape index (κ1) is 17.8. The van der Waals surface area contributed by atoms with Crippen LogP contribution in [-0.4, -0.2) is 20.7 Å². The molecule has 0 saturated carbocycles. The van der Waals surface area contributed by atoms with Crippen LogP contribution < -0.4 is 10.9 Å². The second-order valence-corrected chi connectivity index (χ2v) is 6.81. The van der Waals surface area contributed by atoms with Crippen molar-refractivity contribution in [1.82, 2.24) is 14.8 Å². The SMILES string of the molecule is O=C(Cn1ncc2ccccc2c1=O)Nc1ccc(-c2nc3ccccc3o2)cc1. The van der Waals surface area contributed by atoms with E-state index in [0.29, 0.717) is 17.0 Å². The van der Waals surface area contributed by atoms with Crippen LogP contribution in [0.25, 0.3) is 33.3 Å². The highest BCUT2D eigenvalue weighted by Crippen LogP contribution is 2.25. The Morgan fingerprint density at radius 3 is 2.57 bits per heavy atom. The lowest BCUT2D eigenvalue weighted by molar-refractivity contribution is -0.117. The number of carbonyl (C=O) groups excluding carboxylic acids is 1. The van der Waals surface area contributed by atoms with Crippen molar-refractivity contribution in [1.29, 1.82) is 0 Å². The number of amides is 1. The summed E-state index contributed by atoms with van der Waals surface area (Å²) in [7, 11) is 0. The molecule has 0 radical (unpaired) electrons. The molecule has 0 fully saturated rings. The molecule has 3 aromatic carbocycles. The number of oxazole rings is 1. The van der Waals surface area contributed by atoms with Gasteiger partial charge in [-0.3, -0.25) is 9.59 Å². The summed E-state index contributed by atoms with van der Waals surface area (Å²) in [5.74, 6) is 0.176. The van der Waals surface area contributed by atoms with Gasteiger partial charge in [0.1, 0.15) is 12.1 Å². The molecule has 0 saturated heterocycles. The topological polar surface area (TPSA) is 90.0 Å². The largest absolute Gasteiger partial charge is 0.436 e. The van der Waals surface area contributed by atoms with E-state index in [9.17, 15) is 9.59 Å². The van der Waals surface area contributed by atoms with E-state index in [4.69, 9.17) is 4.42 Å². The first-order valence-corrected chi connectivity index (χ1v) is 9.38. The fourth-order valence-electron chi connectivity index (χ4n) is 3.27. The smallest absolute Gasteiger partial charge is 0.275 e. The predicted molar refractivity (Wildman–Crippen MR) is 114 cm³/mol. The summed E-state index contributed by atoms with van der Waals surface area (Å²) >= 11 is 0. The molecule has 0 aliphatic carbocycles. The third-order valence-corrected chi connectivity index (χ3v) is 4.76. The molecule has 0 bridgehead atoms. The van der Waals surface area contributed by atoms with E-state index in [1.54, 1.807) is 30.5 Å². The molecule has 1 amide bonds. The lowest BCUT2D eigenvalue weighted by Crippen LogP contribution is -2.29. The Kier molecular flexibility index (Phi) is 4.33. The van der Waals surface area contributed by atoms with Gasteiger partial charge in [0.05, 0.1) is 11.6 Å². The number of rotatable bonds is 4. The van der Waals surface area contributed by atoms with Gasteiger partial charge in [0.2, 0.25) is 11.8 Å². The second kappa shape index (κ2) is 7.29. The van der Waals surface area contributed by atoms with Crippen molar-refractivity contribution in [3.05, 3.63) is 89.3 Å². The van der Waals surface area contributed by atoms with E-state index in [-0.39, 0.29) is 18.0 Å². The number of nitrogens with one attached hydrogen (secondary N) is 1. The minimum absolute atomic E-state index is 0.170. The third kappa shape index (κ3) is 3.33. The minimum atomic E-state index is -0.338. The highest BCUT2D eigenvalue weighted by atomic mass is 16.3. The van der Waals surface area contributed by atoms with Crippen LogP contribution >= 0.6 is 0 Å². The lowest BCUT2D eigenvalue weighted by Gasteiger charge is -2.08. The number of carbonyl (C=O) groups is 1. The summed E-state index contributed by atoms with van der Waals surface area (Å²) in [4.78, 5) is 29.4. The zero-order valence-corrected chi connectivity index (χ0v) is 15.8. The number of para-hydroxylation sites is 2. The maximum absolute atomic E-state index is 12.5. The van der Waals surface area contributed by atoms with Crippen molar-refractivity contribution in [2.45, 2.75) is 6.54 Å². The van der Waals surface area contributed by atoms with Gasteiger partial charge >= 0.3 is 0 Å². The fourth-order valence-corrected chi connectivity index (χ4v) is 3.27. The van der Waals surface area contributed by atoms with Gasteiger partial charge in [0.25, 0.3) is 5.56 Å². The second-order valence-electron chi connectivity index (χ2n) is 6.81. The zero-order valence-electron chi connectivity index (χ0n) is 15.8. The number of benzene rings is 3. The molecule has 5 rings (SSSR count). The van der Waals surface area contributed by atoms with Gasteiger partial charge in [-0.1, -0.05) is 30.3 Å². The standard InChI is InChI=1S/C23H16N4O3/c28-21(14-27-23(29)18-6-2-1-5-16(18)13-24-27)25-17-11-9-15(10-12-17)22-26-19-7-3-4-8-20(19)30-22/h1-13H,14H2,(H,25,28). The number of nitrogens with zero attached hydrogens (tertiary/aromatic N) is 3. The number of hydrogen-bond donors (Lipinski definition) is 1. The Balaban J connectivity index is 1.32. The van der Waals surface area contributed by atoms with Crippen LogP contribution in [0.2, 0.25) is 0 Å². The summed E-state index contributed by atoms with van der Waals surface area (Å²) in [5.41, 5.74) is 2.62. The average molecular weight is 396 g/mol.